The second-order valence-corrected chi connectivity index (χ2v) is 3.02. The maximum absolute atomic E-state index is 5.41. The minimum absolute atomic E-state index is 0.0383. The minimum Gasteiger partial charge on any atom is -0.476 e. The lowest BCUT2D eigenvalue weighted by molar-refractivity contribution is 0.0164. The Kier molecular flexibility index (Phi) is 3.79. The van der Waals surface area contributed by atoms with Crippen molar-refractivity contribution in [2.24, 2.45) is 5.90 Å². The quantitative estimate of drug-likeness (QED) is 0.679. The fourth-order valence-corrected chi connectivity index (χ4v) is 0.994. The molecular weight excluding hydrogens is 168 g/mol. The molecule has 4 nitrogen and oxygen atoms in total. The number of nitrogens with two attached hydrogens (primary N) is 1. The second-order valence-electron chi connectivity index (χ2n) is 3.02. The van der Waals surface area contributed by atoms with Crippen LogP contribution in [0.2, 0.25) is 0 Å². The van der Waals surface area contributed by atoms with Crippen molar-refractivity contribution in [1.82, 2.24) is 4.98 Å². The van der Waals surface area contributed by atoms with Crippen molar-refractivity contribution >= 4 is 0 Å². The smallest absolute Gasteiger partial charge is 0.191 e. The summed E-state index contributed by atoms with van der Waals surface area (Å²) in [5.74, 6) is 5.82. The van der Waals surface area contributed by atoms with E-state index in [0.29, 0.717) is 6.61 Å². The molecule has 0 amide bonds. The van der Waals surface area contributed by atoms with Crippen molar-refractivity contribution in [3.05, 3.63) is 17.8 Å². The molecule has 1 atom stereocenters. The Labute approximate surface area is 78.0 Å². The van der Waals surface area contributed by atoms with E-state index >= 15 is 0 Å². The Hall–Kier alpha value is -1.00. The normalized spacial score (nSPS) is 12.8. The van der Waals surface area contributed by atoms with Gasteiger partial charge in [0.05, 0.1) is 0 Å². The lowest BCUT2D eigenvalue weighted by Crippen LogP contribution is -2.24. The highest BCUT2D eigenvalue weighted by atomic mass is 16.6. The van der Waals surface area contributed by atoms with Crippen molar-refractivity contribution in [2.45, 2.75) is 26.4 Å². The molecule has 0 aliphatic heterocycles. The molecule has 74 valence electrons. The molecule has 1 aromatic rings. The molecule has 0 aliphatic carbocycles. The summed E-state index contributed by atoms with van der Waals surface area (Å²) in [6, 6.07) is 1.93. The van der Waals surface area contributed by atoms with Gasteiger partial charge in [-0.05, 0) is 18.9 Å². The molecule has 1 aromatic heterocycles. The first-order valence-corrected chi connectivity index (χ1v) is 4.39. The van der Waals surface area contributed by atoms with Gasteiger partial charge in [-0.1, -0.05) is 6.92 Å². The molecule has 0 spiro atoms. The minimum atomic E-state index is -0.0383. The van der Waals surface area contributed by atoms with Crippen LogP contribution in [0.25, 0.3) is 0 Å². The molecule has 0 aliphatic rings. The van der Waals surface area contributed by atoms with Gasteiger partial charge in [0.15, 0.2) is 5.88 Å². The number of aryl methyl sites for hydroxylation is 1. The fraction of sp³-hybridized carbons (Fsp3) is 0.556. The van der Waals surface area contributed by atoms with Crippen LogP contribution in [0.4, 0.5) is 0 Å². The number of nitrogens with one attached hydrogen (secondary N) is 1. The van der Waals surface area contributed by atoms with E-state index in [9.17, 15) is 0 Å². The standard InChI is InChI=1S/C9H16N2O2/c1-3-8(13-10)6-12-9-4-7(2)5-11-9/h4-5,8,11H,3,6,10H2,1-2H3. The van der Waals surface area contributed by atoms with Crippen molar-refractivity contribution in [2.75, 3.05) is 6.61 Å². The maximum Gasteiger partial charge on any atom is 0.191 e. The van der Waals surface area contributed by atoms with Gasteiger partial charge in [0, 0.05) is 12.3 Å². The summed E-state index contributed by atoms with van der Waals surface area (Å²) >= 11 is 0. The molecule has 3 N–H and O–H groups in total. The van der Waals surface area contributed by atoms with E-state index in [4.69, 9.17) is 10.6 Å². The zero-order valence-corrected chi connectivity index (χ0v) is 8.04. The van der Waals surface area contributed by atoms with E-state index in [1.165, 1.54) is 0 Å². The zero-order valence-electron chi connectivity index (χ0n) is 8.04. The first-order valence-electron chi connectivity index (χ1n) is 4.39. The second kappa shape index (κ2) is 4.89. The molecule has 0 fully saturated rings. The zero-order chi connectivity index (χ0) is 9.68. The van der Waals surface area contributed by atoms with Crippen LogP contribution in [0.1, 0.15) is 18.9 Å². The van der Waals surface area contributed by atoms with E-state index in [1.807, 2.05) is 26.1 Å². The summed E-state index contributed by atoms with van der Waals surface area (Å²) < 4.78 is 5.41. The van der Waals surface area contributed by atoms with Gasteiger partial charge >= 0.3 is 0 Å². The maximum atomic E-state index is 5.41. The Morgan fingerprint density at radius 1 is 1.62 bits per heavy atom. The van der Waals surface area contributed by atoms with Crippen molar-refractivity contribution in [3.63, 3.8) is 0 Å². The monoisotopic (exact) mass is 184 g/mol. The van der Waals surface area contributed by atoms with Crippen LogP contribution in [0.5, 0.6) is 5.88 Å². The number of aromatic nitrogens is 1. The van der Waals surface area contributed by atoms with Crippen LogP contribution in [-0.2, 0) is 4.84 Å². The molecule has 0 saturated carbocycles. The Morgan fingerprint density at radius 3 is 2.85 bits per heavy atom. The van der Waals surface area contributed by atoms with E-state index in [2.05, 4.69) is 9.82 Å². The van der Waals surface area contributed by atoms with Gasteiger partial charge < -0.3 is 9.72 Å². The summed E-state index contributed by atoms with van der Waals surface area (Å²) in [5, 5.41) is 0. The van der Waals surface area contributed by atoms with Gasteiger partial charge in [0.25, 0.3) is 0 Å². The first-order chi connectivity index (χ1) is 6.26. The number of H-pyrrole nitrogens is 1. The number of aromatic amines is 1. The van der Waals surface area contributed by atoms with Crippen molar-refractivity contribution < 1.29 is 9.57 Å². The highest BCUT2D eigenvalue weighted by Crippen LogP contribution is 2.10. The van der Waals surface area contributed by atoms with Gasteiger partial charge in [0.1, 0.15) is 12.7 Å². The van der Waals surface area contributed by atoms with Gasteiger partial charge in [0.2, 0.25) is 0 Å². The third-order valence-corrected chi connectivity index (χ3v) is 1.87. The first kappa shape index (κ1) is 10.1. The summed E-state index contributed by atoms with van der Waals surface area (Å²) in [6.45, 7) is 4.48. The lowest BCUT2D eigenvalue weighted by atomic mass is 10.3. The predicted molar refractivity (Wildman–Crippen MR) is 50.4 cm³/mol. The van der Waals surface area contributed by atoms with E-state index in [-0.39, 0.29) is 6.10 Å². The third kappa shape index (κ3) is 3.08. The lowest BCUT2D eigenvalue weighted by Gasteiger charge is -2.11. The van der Waals surface area contributed by atoms with Crippen molar-refractivity contribution in [3.8, 4) is 5.88 Å². The van der Waals surface area contributed by atoms with Gasteiger partial charge in [-0.2, -0.15) is 0 Å². The number of hydrogen-bond donors (Lipinski definition) is 2. The molecule has 0 radical (unpaired) electrons. The molecule has 0 bridgehead atoms. The molecule has 0 saturated heterocycles. The molecular formula is C9H16N2O2. The summed E-state index contributed by atoms with van der Waals surface area (Å²) in [4.78, 5) is 7.68. The molecule has 4 heteroatoms. The van der Waals surface area contributed by atoms with Gasteiger partial charge in [-0.3, -0.25) is 4.84 Å². The summed E-state index contributed by atoms with van der Waals surface area (Å²) in [5.41, 5.74) is 1.15. The highest BCUT2D eigenvalue weighted by molar-refractivity contribution is 5.19. The summed E-state index contributed by atoms with van der Waals surface area (Å²) in [7, 11) is 0. The number of rotatable bonds is 5. The predicted octanol–water partition coefficient (Wildman–Crippen LogP) is 1.37. The largest absolute Gasteiger partial charge is 0.476 e. The number of hydrogen-bond acceptors (Lipinski definition) is 3. The highest BCUT2D eigenvalue weighted by Gasteiger charge is 2.06. The fourth-order valence-electron chi connectivity index (χ4n) is 0.994. The average molecular weight is 184 g/mol. The number of ether oxygens (including phenoxy) is 1. The molecule has 0 aromatic carbocycles. The van der Waals surface area contributed by atoms with Crippen LogP contribution in [0, 0.1) is 6.92 Å². The molecule has 1 heterocycles. The van der Waals surface area contributed by atoms with E-state index < -0.39 is 0 Å². The van der Waals surface area contributed by atoms with Crippen molar-refractivity contribution in [1.29, 1.82) is 0 Å². The Morgan fingerprint density at radius 2 is 2.38 bits per heavy atom. The topological polar surface area (TPSA) is 60.3 Å². The van der Waals surface area contributed by atoms with Gasteiger partial charge in [-0.15, -0.1) is 0 Å². The van der Waals surface area contributed by atoms with Crippen LogP contribution in [0.3, 0.4) is 0 Å². The third-order valence-electron chi connectivity index (χ3n) is 1.87. The van der Waals surface area contributed by atoms with Crippen LogP contribution in [-0.4, -0.2) is 17.7 Å². The van der Waals surface area contributed by atoms with E-state index in [1.54, 1.807) is 0 Å². The Bertz CT molecular complexity index is 244. The van der Waals surface area contributed by atoms with Crippen LogP contribution in [0.15, 0.2) is 12.3 Å². The summed E-state index contributed by atoms with van der Waals surface area (Å²) in [6.07, 6.45) is 2.69. The average Bonchev–Trinajstić information content (AvgIpc) is 2.53. The molecule has 1 unspecified atom stereocenters. The van der Waals surface area contributed by atoms with E-state index in [0.717, 1.165) is 17.9 Å². The molecule has 13 heavy (non-hydrogen) atoms. The van der Waals surface area contributed by atoms with Gasteiger partial charge in [-0.25, -0.2) is 5.90 Å². The molecule has 1 rings (SSSR count). The Balaban J connectivity index is 2.33. The van der Waals surface area contributed by atoms with Crippen LogP contribution < -0.4 is 10.6 Å². The SMILES string of the molecule is CCC(COc1cc(C)c[nH]1)ON. The van der Waals surface area contributed by atoms with Crippen LogP contribution >= 0.6 is 0 Å².